The first-order chi connectivity index (χ1) is 7.97. The van der Waals surface area contributed by atoms with Crippen LogP contribution in [0, 0.1) is 19.3 Å². The number of aryl methyl sites for hydroxylation is 1. The van der Waals surface area contributed by atoms with Gasteiger partial charge in [-0.3, -0.25) is 4.79 Å². The Labute approximate surface area is 102 Å². The third kappa shape index (κ3) is 3.03. The molecule has 1 unspecified atom stereocenters. The minimum atomic E-state index is -1.14. The summed E-state index contributed by atoms with van der Waals surface area (Å²) in [6.45, 7) is 1.55. The molecule has 17 heavy (non-hydrogen) atoms. The molecule has 1 aromatic heterocycles. The summed E-state index contributed by atoms with van der Waals surface area (Å²) in [7, 11) is 0. The molecule has 6 nitrogen and oxygen atoms in total. The molecule has 7 heteroatoms. The fraction of sp³-hybridized carbons (Fsp3) is 0.300. The van der Waals surface area contributed by atoms with E-state index >= 15 is 0 Å². The number of nitrogens with zero attached hydrogens (tertiary/aromatic N) is 1. The van der Waals surface area contributed by atoms with Gasteiger partial charge in [0.1, 0.15) is 10.6 Å². The Morgan fingerprint density at radius 3 is 2.88 bits per heavy atom. The molecule has 1 heterocycles. The number of carbonyl (C=O) groups is 2. The van der Waals surface area contributed by atoms with Gasteiger partial charge < -0.3 is 16.2 Å². The van der Waals surface area contributed by atoms with Crippen LogP contribution in [0.25, 0.3) is 0 Å². The third-order valence-electron chi connectivity index (χ3n) is 1.99. The molecule has 0 aliphatic rings. The number of carbonyl (C=O) groups excluding carboxylic acids is 1. The van der Waals surface area contributed by atoms with E-state index in [2.05, 4.69) is 15.6 Å². The zero-order chi connectivity index (χ0) is 13.0. The Balaban J connectivity index is 2.86. The number of anilines is 1. The maximum Gasteiger partial charge on any atom is 0.340 e. The van der Waals surface area contributed by atoms with E-state index < -0.39 is 17.9 Å². The highest BCUT2D eigenvalue weighted by Gasteiger charge is 2.21. The zero-order valence-electron chi connectivity index (χ0n) is 9.06. The number of terminal acetylenes is 1. The Morgan fingerprint density at radius 1 is 1.71 bits per heavy atom. The van der Waals surface area contributed by atoms with E-state index in [9.17, 15) is 9.59 Å². The van der Waals surface area contributed by atoms with E-state index in [0.29, 0.717) is 5.69 Å². The molecule has 1 aromatic rings. The molecule has 0 saturated carbocycles. The smallest absolute Gasteiger partial charge is 0.340 e. The van der Waals surface area contributed by atoms with Gasteiger partial charge in [-0.2, -0.15) is 4.37 Å². The van der Waals surface area contributed by atoms with E-state index in [1.165, 1.54) is 0 Å². The summed E-state index contributed by atoms with van der Waals surface area (Å²) in [5, 5.41) is 11.5. The number of hydrogen-bond acceptors (Lipinski definition) is 5. The van der Waals surface area contributed by atoms with Crippen molar-refractivity contribution in [3.8, 4) is 12.3 Å². The number of nitrogens with one attached hydrogen (secondary N) is 1. The van der Waals surface area contributed by atoms with Gasteiger partial charge in [0.2, 0.25) is 5.91 Å². The van der Waals surface area contributed by atoms with Crippen molar-refractivity contribution in [2.24, 2.45) is 5.73 Å². The van der Waals surface area contributed by atoms with Gasteiger partial charge >= 0.3 is 5.97 Å². The minimum Gasteiger partial charge on any atom is -0.478 e. The van der Waals surface area contributed by atoms with Crippen LogP contribution in [-0.2, 0) is 4.79 Å². The number of amides is 1. The molecule has 0 bridgehead atoms. The Morgan fingerprint density at radius 2 is 2.35 bits per heavy atom. The van der Waals surface area contributed by atoms with E-state index in [4.69, 9.17) is 17.3 Å². The lowest BCUT2D eigenvalue weighted by molar-refractivity contribution is -0.117. The maximum absolute atomic E-state index is 11.5. The van der Waals surface area contributed by atoms with Gasteiger partial charge in [0.15, 0.2) is 0 Å². The second kappa shape index (κ2) is 5.43. The van der Waals surface area contributed by atoms with Crippen molar-refractivity contribution in [3.63, 3.8) is 0 Å². The summed E-state index contributed by atoms with van der Waals surface area (Å²) < 4.78 is 3.86. The number of hydrogen-bond donors (Lipinski definition) is 3. The molecule has 1 amide bonds. The van der Waals surface area contributed by atoms with Crippen LogP contribution < -0.4 is 11.1 Å². The number of aromatic carboxylic acids is 1. The minimum absolute atomic E-state index is 0.0174. The second-order valence-electron chi connectivity index (χ2n) is 3.28. The number of nitrogens with two attached hydrogens (primary N) is 1. The van der Waals surface area contributed by atoms with Crippen LogP contribution >= 0.6 is 11.5 Å². The van der Waals surface area contributed by atoms with Gasteiger partial charge in [0.05, 0.1) is 11.7 Å². The van der Waals surface area contributed by atoms with Gasteiger partial charge in [-0.1, -0.05) is 0 Å². The van der Waals surface area contributed by atoms with Gasteiger partial charge in [-0.25, -0.2) is 4.79 Å². The van der Waals surface area contributed by atoms with Gasteiger partial charge in [-0.05, 0) is 18.5 Å². The SMILES string of the molecule is C#CCC(N)C(=O)Nc1snc(C)c1C(=O)O. The molecule has 0 aliphatic heterocycles. The van der Waals surface area contributed by atoms with Crippen molar-refractivity contribution in [1.82, 2.24) is 4.37 Å². The number of carboxylic acids is 1. The highest BCUT2D eigenvalue weighted by atomic mass is 32.1. The predicted molar refractivity (Wildman–Crippen MR) is 63.9 cm³/mol. The first-order valence-electron chi connectivity index (χ1n) is 4.66. The molecule has 0 spiro atoms. The first kappa shape index (κ1) is 13.2. The lowest BCUT2D eigenvalue weighted by atomic mass is 10.2. The fourth-order valence-corrected chi connectivity index (χ4v) is 1.92. The molecule has 0 fully saturated rings. The Kier molecular flexibility index (Phi) is 4.20. The molecule has 0 saturated heterocycles. The Hall–Kier alpha value is -1.91. The van der Waals surface area contributed by atoms with E-state index in [1.807, 2.05) is 0 Å². The van der Waals surface area contributed by atoms with Gasteiger partial charge in [-0.15, -0.1) is 12.3 Å². The average molecular weight is 253 g/mol. The fourth-order valence-electron chi connectivity index (χ4n) is 1.13. The van der Waals surface area contributed by atoms with Crippen molar-refractivity contribution in [2.75, 3.05) is 5.32 Å². The topological polar surface area (TPSA) is 105 Å². The summed E-state index contributed by atoms with van der Waals surface area (Å²) in [5.74, 6) is 0.601. The van der Waals surface area contributed by atoms with Crippen molar-refractivity contribution in [1.29, 1.82) is 0 Å². The molecule has 0 aliphatic carbocycles. The second-order valence-corrected chi connectivity index (χ2v) is 4.05. The van der Waals surface area contributed by atoms with E-state index in [1.54, 1.807) is 6.92 Å². The van der Waals surface area contributed by atoms with Crippen LogP contribution in [-0.4, -0.2) is 27.4 Å². The Bertz CT molecular complexity index is 489. The van der Waals surface area contributed by atoms with Crippen molar-refractivity contribution < 1.29 is 14.7 Å². The van der Waals surface area contributed by atoms with Crippen LogP contribution in [0.15, 0.2) is 0 Å². The molecule has 1 rings (SSSR count). The number of carboxylic acid groups (broad SMARTS) is 1. The number of rotatable bonds is 4. The quantitative estimate of drug-likeness (QED) is 0.675. The zero-order valence-corrected chi connectivity index (χ0v) is 9.87. The lowest BCUT2D eigenvalue weighted by Gasteiger charge is -2.08. The van der Waals surface area contributed by atoms with Crippen LogP contribution in [0.4, 0.5) is 5.00 Å². The van der Waals surface area contributed by atoms with Crippen LogP contribution in [0.5, 0.6) is 0 Å². The molecule has 4 N–H and O–H groups in total. The molecule has 0 aromatic carbocycles. The van der Waals surface area contributed by atoms with Crippen LogP contribution in [0.1, 0.15) is 22.5 Å². The highest BCUT2D eigenvalue weighted by Crippen LogP contribution is 2.24. The molecular weight excluding hydrogens is 242 g/mol. The summed E-state index contributed by atoms with van der Waals surface area (Å²) in [4.78, 5) is 22.5. The summed E-state index contributed by atoms with van der Waals surface area (Å²) >= 11 is 0.898. The largest absolute Gasteiger partial charge is 0.478 e. The van der Waals surface area contributed by atoms with Gasteiger partial charge in [0.25, 0.3) is 0 Å². The van der Waals surface area contributed by atoms with E-state index in [-0.39, 0.29) is 17.0 Å². The average Bonchev–Trinajstić information content (AvgIpc) is 2.60. The van der Waals surface area contributed by atoms with Gasteiger partial charge in [0, 0.05) is 6.42 Å². The molecule has 1 atom stereocenters. The first-order valence-corrected chi connectivity index (χ1v) is 5.44. The van der Waals surface area contributed by atoms with Crippen LogP contribution in [0.3, 0.4) is 0 Å². The molecule has 0 radical (unpaired) electrons. The highest BCUT2D eigenvalue weighted by molar-refractivity contribution is 7.11. The van der Waals surface area contributed by atoms with Crippen LogP contribution in [0.2, 0.25) is 0 Å². The van der Waals surface area contributed by atoms with Crippen molar-refractivity contribution in [2.45, 2.75) is 19.4 Å². The van der Waals surface area contributed by atoms with Crippen molar-refractivity contribution in [3.05, 3.63) is 11.3 Å². The monoisotopic (exact) mass is 253 g/mol. The number of aromatic nitrogens is 1. The molecular formula is C10H11N3O3S. The van der Waals surface area contributed by atoms with E-state index in [0.717, 1.165) is 11.5 Å². The summed E-state index contributed by atoms with van der Waals surface area (Å²) in [6.07, 6.45) is 5.12. The normalized spacial score (nSPS) is 11.6. The van der Waals surface area contributed by atoms with Crippen molar-refractivity contribution >= 4 is 28.4 Å². The maximum atomic E-state index is 11.5. The lowest BCUT2D eigenvalue weighted by Crippen LogP contribution is -2.35. The predicted octanol–water partition coefficient (Wildman–Crippen LogP) is 0.439. The summed E-state index contributed by atoms with van der Waals surface area (Å²) in [6, 6.07) is -0.857. The molecule has 90 valence electrons. The third-order valence-corrected chi connectivity index (χ3v) is 2.84. The standard InChI is InChI=1S/C10H11N3O3S/c1-3-4-6(11)8(14)12-9-7(10(15)16)5(2)13-17-9/h1,6H,4,11H2,2H3,(H,12,14)(H,15,16). The summed E-state index contributed by atoms with van der Waals surface area (Å²) in [5.41, 5.74) is 5.82.